The summed E-state index contributed by atoms with van der Waals surface area (Å²) < 4.78 is 9.91. The maximum Gasteiger partial charge on any atom is 0.338 e. The molecule has 2 atom stereocenters. The Hall–Kier alpha value is -2.64. The van der Waals surface area contributed by atoms with E-state index in [9.17, 15) is 19.7 Å². The number of nitro benzene ring substituents is 1. The van der Waals surface area contributed by atoms with Gasteiger partial charge in [0.1, 0.15) is 0 Å². The van der Waals surface area contributed by atoms with Crippen LogP contribution < -0.4 is 4.74 Å². The van der Waals surface area contributed by atoms with Crippen molar-refractivity contribution in [2.45, 2.75) is 20.3 Å². The van der Waals surface area contributed by atoms with Crippen molar-refractivity contribution in [3.63, 3.8) is 0 Å². The van der Waals surface area contributed by atoms with Crippen molar-refractivity contribution >= 4 is 17.6 Å². The van der Waals surface area contributed by atoms with Crippen molar-refractivity contribution in [2.24, 2.45) is 11.8 Å². The molecule has 1 amide bonds. The minimum absolute atomic E-state index is 0.0477. The first-order chi connectivity index (χ1) is 11.8. The molecular formula is C17H22N2O6. The quantitative estimate of drug-likeness (QED) is 0.459. The van der Waals surface area contributed by atoms with E-state index >= 15 is 0 Å². The monoisotopic (exact) mass is 350 g/mol. The summed E-state index contributed by atoms with van der Waals surface area (Å²) >= 11 is 0. The summed E-state index contributed by atoms with van der Waals surface area (Å²) in [6.45, 7) is 5.23. The van der Waals surface area contributed by atoms with Crippen LogP contribution in [0, 0.1) is 22.0 Å². The SMILES string of the molecule is COC(=O)c1ccc(OCC(=O)N2C[C@@H](C)C[C@H](C)C2)c([N+](=O)[O-])c1. The number of benzene rings is 1. The van der Waals surface area contributed by atoms with Gasteiger partial charge in [-0.25, -0.2) is 4.79 Å². The number of rotatable bonds is 5. The lowest BCUT2D eigenvalue weighted by molar-refractivity contribution is -0.385. The number of nitrogens with zero attached hydrogens (tertiary/aromatic N) is 2. The van der Waals surface area contributed by atoms with Gasteiger partial charge in [0, 0.05) is 19.2 Å². The molecule has 136 valence electrons. The Bertz CT molecular complexity index is 665. The minimum atomic E-state index is -0.679. The number of carbonyl (C=O) groups is 2. The van der Waals surface area contributed by atoms with Gasteiger partial charge in [0.15, 0.2) is 12.4 Å². The number of ether oxygens (including phenoxy) is 2. The molecule has 0 radical (unpaired) electrons. The highest BCUT2D eigenvalue weighted by molar-refractivity contribution is 5.90. The number of methoxy groups -OCH3 is 1. The van der Waals surface area contributed by atoms with Gasteiger partial charge >= 0.3 is 11.7 Å². The van der Waals surface area contributed by atoms with Gasteiger partial charge in [-0.05, 0) is 30.4 Å². The van der Waals surface area contributed by atoms with Crippen molar-refractivity contribution in [3.05, 3.63) is 33.9 Å². The smallest absolute Gasteiger partial charge is 0.338 e. The van der Waals surface area contributed by atoms with E-state index in [0.717, 1.165) is 12.5 Å². The second-order valence-corrected chi connectivity index (χ2v) is 6.46. The second-order valence-electron chi connectivity index (χ2n) is 6.46. The van der Waals surface area contributed by atoms with E-state index in [1.54, 1.807) is 4.90 Å². The summed E-state index contributed by atoms with van der Waals surface area (Å²) in [4.78, 5) is 36.1. The third-order valence-electron chi connectivity index (χ3n) is 4.15. The van der Waals surface area contributed by atoms with Crippen LogP contribution in [0.3, 0.4) is 0 Å². The van der Waals surface area contributed by atoms with Crippen LogP contribution in [0.2, 0.25) is 0 Å². The van der Waals surface area contributed by atoms with Crippen LogP contribution in [-0.2, 0) is 9.53 Å². The molecule has 1 saturated heterocycles. The molecule has 1 aliphatic heterocycles. The number of nitro groups is 1. The number of hydrogen-bond donors (Lipinski definition) is 0. The van der Waals surface area contributed by atoms with Crippen LogP contribution in [-0.4, -0.2) is 48.5 Å². The highest BCUT2D eigenvalue weighted by atomic mass is 16.6. The van der Waals surface area contributed by atoms with Gasteiger partial charge in [-0.3, -0.25) is 14.9 Å². The maximum absolute atomic E-state index is 12.3. The zero-order valence-corrected chi connectivity index (χ0v) is 14.6. The molecule has 0 bridgehead atoms. The molecule has 0 spiro atoms. The van der Waals surface area contributed by atoms with Gasteiger partial charge in [0.2, 0.25) is 0 Å². The highest BCUT2D eigenvalue weighted by Crippen LogP contribution is 2.28. The van der Waals surface area contributed by atoms with Crippen molar-refractivity contribution in [2.75, 3.05) is 26.8 Å². The van der Waals surface area contributed by atoms with Crippen molar-refractivity contribution in [1.29, 1.82) is 0 Å². The molecule has 2 rings (SSSR count). The molecule has 1 aromatic rings. The van der Waals surface area contributed by atoms with Crippen LogP contribution in [0.15, 0.2) is 18.2 Å². The second kappa shape index (κ2) is 7.96. The number of likely N-dealkylation sites (tertiary alicyclic amines) is 1. The van der Waals surface area contributed by atoms with Gasteiger partial charge < -0.3 is 14.4 Å². The molecule has 25 heavy (non-hydrogen) atoms. The van der Waals surface area contributed by atoms with E-state index in [0.29, 0.717) is 24.9 Å². The standard InChI is InChI=1S/C17H22N2O6/c1-11-6-12(2)9-18(8-11)16(20)10-25-15-5-4-13(17(21)24-3)7-14(15)19(22)23/h4-5,7,11-12H,6,8-10H2,1-3H3/t11-,12-/m0/s1. The topological polar surface area (TPSA) is 99.0 Å². The minimum Gasteiger partial charge on any atom is -0.477 e. The van der Waals surface area contributed by atoms with Gasteiger partial charge in [0.05, 0.1) is 17.6 Å². The Morgan fingerprint density at radius 2 is 1.92 bits per heavy atom. The van der Waals surface area contributed by atoms with Crippen molar-refractivity contribution in [1.82, 2.24) is 4.90 Å². The fourth-order valence-electron chi connectivity index (χ4n) is 3.12. The number of esters is 1. The van der Waals surface area contributed by atoms with E-state index in [2.05, 4.69) is 18.6 Å². The predicted octanol–water partition coefficient (Wildman–Crippen LogP) is 2.26. The lowest BCUT2D eigenvalue weighted by Gasteiger charge is -2.34. The fraction of sp³-hybridized carbons (Fsp3) is 0.529. The molecule has 8 nitrogen and oxygen atoms in total. The molecule has 0 unspecified atom stereocenters. The summed E-state index contributed by atoms with van der Waals surface area (Å²) in [7, 11) is 1.19. The molecule has 0 aromatic heterocycles. The molecule has 8 heteroatoms. The van der Waals surface area contributed by atoms with E-state index in [4.69, 9.17) is 4.74 Å². The Labute approximate surface area is 145 Å². The van der Waals surface area contributed by atoms with Gasteiger partial charge in [-0.15, -0.1) is 0 Å². The number of amides is 1. The third-order valence-corrected chi connectivity index (χ3v) is 4.15. The lowest BCUT2D eigenvalue weighted by Crippen LogP contribution is -2.44. The average Bonchev–Trinajstić information content (AvgIpc) is 2.57. The predicted molar refractivity (Wildman–Crippen MR) is 89.5 cm³/mol. The Morgan fingerprint density at radius 1 is 1.28 bits per heavy atom. The third kappa shape index (κ3) is 4.68. The summed E-state index contributed by atoms with van der Waals surface area (Å²) in [5.41, 5.74) is -0.331. The molecule has 1 aliphatic rings. The molecule has 0 aliphatic carbocycles. The normalized spacial score (nSPS) is 20.0. The molecule has 0 N–H and O–H groups in total. The zero-order valence-electron chi connectivity index (χ0n) is 14.6. The Kier molecular flexibility index (Phi) is 5.95. The zero-order chi connectivity index (χ0) is 18.6. The molecule has 1 fully saturated rings. The van der Waals surface area contributed by atoms with Crippen molar-refractivity contribution < 1.29 is 24.0 Å². The Morgan fingerprint density at radius 3 is 2.48 bits per heavy atom. The van der Waals surface area contributed by atoms with Gasteiger partial charge in [-0.2, -0.15) is 0 Å². The average molecular weight is 350 g/mol. The van der Waals surface area contributed by atoms with E-state index in [1.807, 2.05) is 0 Å². The summed E-state index contributed by atoms with van der Waals surface area (Å²) in [5.74, 6) is -0.0985. The van der Waals surface area contributed by atoms with Crippen LogP contribution in [0.1, 0.15) is 30.6 Å². The van der Waals surface area contributed by atoms with Crippen molar-refractivity contribution in [3.8, 4) is 5.75 Å². The molecular weight excluding hydrogens is 328 g/mol. The van der Waals surface area contributed by atoms with Gasteiger partial charge in [-0.1, -0.05) is 13.8 Å². The van der Waals surface area contributed by atoms with Gasteiger partial charge in [0.25, 0.3) is 5.91 Å². The van der Waals surface area contributed by atoms with Crippen LogP contribution in [0.25, 0.3) is 0 Å². The fourth-order valence-corrected chi connectivity index (χ4v) is 3.12. The highest BCUT2D eigenvalue weighted by Gasteiger charge is 2.26. The number of hydrogen-bond acceptors (Lipinski definition) is 6. The number of piperidine rings is 1. The molecule has 1 heterocycles. The van der Waals surface area contributed by atoms with Crippen LogP contribution in [0.4, 0.5) is 5.69 Å². The molecule has 1 aromatic carbocycles. The summed E-state index contributed by atoms with van der Waals surface area (Å²) in [6, 6.07) is 3.75. The van der Waals surface area contributed by atoms with Crippen LogP contribution >= 0.6 is 0 Å². The van der Waals surface area contributed by atoms with E-state index in [1.165, 1.54) is 19.2 Å². The Balaban J connectivity index is 2.08. The van der Waals surface area contributed by atoms with Crippen LogP contribution in [0.5, 0.6) is 5.75 Å². The summed E-state index contributed by atoms with van der Waals surface area (Å²) in [6.07, 6.45) is 1.07. The maximum atomic E-state index is 12.3. The lowest BCUT2D eigenvalue weighted by atomic mass is 9.92. The first kappa shape index (κ1) is 18.7. The first-order valence-corrected chi connectivity index (χ1v) is 8.09. The number of carbonyl (C=O) groups excluding carboxylic acids is 2. The summed E-state index contributed by atoms with van der Waals surface area (Å²) in [5, 5.41) is 11.2. The largest absolute Gasteiger partial charge is 0.477 e. The molecule has 0 saturated carbocycles. The van der Waals surface area contributed by atoms with E-state index < -0.39 is 10.9 Å². The van der Waals surface area contributed by atoms with E-state index in [-0.39, 0.29) is 29.5 Å². The first-order valence-electron chi connectivity index (χ1n) is 8.09.